The van der Waals surface area contributed by atoms with Gasteiger partial charge in [0.1, 0.15) is 0 Å². The average molecular weight is 273 g/mol. The second-order valence-electron chi connectivity index (χ2n) is 4.78. The maximum Gasteiger partial charge on any atom is 0.261 e. The summed E-state index contributed by atoms with van der Waals surface area (Å²) < 4.78 is 0. The van der Waals surface area contributed by atoms with Gasteiger partial charge >= 0.3 is 0 Å². The molecule has 1 aromatic carbocycles. The molecule has 0 aromatic heterocycles. The van der Waals surface area contributed by atoms with Gasteiger partial charge in [-0.2, -0.15) is 0 Å². The van der Waals surface area contributed by atoms with E-state index in [1.165, 1.54) is 6.07 Å². The van der Waals surface area contributed by atoms with Gasteiger partial charge in [0.25, 0.3) is 11.8 Å². The molecule has 0 radical (unpaired) electrons. The second-order valence-corrected chi connectivity index (χ2v) is 4.78. The summed E-state index contributed by atoms with van der Waals surface area (Å²) in [5.41, 5.74) is 6.85. The van der Waals surface area contributed by atoms with E-state index >= 15 is 0 Å². The Morgan fingerprint density at radius 1 is 1.05 bits per heavy atom. The summed E-state index contributed by atoms with van der Waals surface area (Å²) in [6, 6.07) is 3.04. The largest absolute Gasteiger partial charge is 0.398 e. The highest BCUT2D eigenvalue weighted by molar-refractivity contribution is 6.24. The van der Waals surface area contributed by atoms with Gasteiger partial charge in [-0.15, -0.1) is 0 Å². The van der Waals surface area contributed by atoms with Gasteiger partial charge in [-0.3, -0.25) is 29.8 Å². The number of carbonyl (C=O) groups is 4. The number of piperidine rings is 1. The Labute approximate surface area is 113 Å². The lowest BCUT2D eigenvalue weighted by molar-refractivity contribution is -0.134. The number of carbonyl (C=O) groups excluding carboxylic acids is 4. The zero-order valence-corrected chi connectivity index (χ0v) is 10.4. The van der Waals surface area contributed by atoms with Crippen LogP contribution in [-0.4, -0.2) is 23.6 Å². The van der Waals surface area contributed by atoms with Crippen LogP contribution in [0.5, 0.6) is 0 Å². The van der Waals surface area contributed by atoms with E-state index in [2.05, 4.69) is 10.6 Å². The Bertz CT molecular complexity index is 680. The van der Waals surface area contributed by atoms with Crippen LogP contribution in [0.2, 0.25) is 0 Å². The molecule has 20 heavy (non-hydrogen) atoms. The molecule has 2 aliphatic rings. The number of hydrogen-bond acceptors (Lipinski definition) is 5. The normalized spacial score (nSPS) is 21.5. The standard InChI is InChI=1S/C13H11N3O4/c14-10-5(6-3-4-8(17)15-11(6)18)1-2-7-9(10)13(20)16-12(7)19/h1-2,6H,3-4,14H2,(H,15,17,18)(H,16,19,20). The number of benzene rings is 1. The zero-order chi connectivity index (χ0) is 14.4. The van der Waals surface area contributed by atoms with Crippen molar-refractivity contribution in [2.24, 2.45) is 0 Å². The molecule has 4 amide bonds. The third-order valence-electron chi connectivity index (χ3n) is 3.59. The Kier molecular flexibility index (Phi) is 2.56. The number of nitrogen functional groups attached to an aromatic ring is 1. The van der Waals surface area contributed by atoms with Gasteiger partial charge in [-0.1, -0.05) is 6.07 Å². The fraction of sp³-hybridized carbons (Fsp3) is 0.231. The number of hydrogen-bond donors (Lipinski definition) is 3. The summed E-state index contributed by atoms with van der Waals surface area (Å²) in [7, 11) is 0. The van der Waals surface area contributed by atoms with Crippen LogP contribution in [0.1, 0.15) is 45.0 Å². The minimum Gasteiger partial charge on any atom is -0.398 e. The van der Waals surface area contributed by atoms with Crippen LogP contribution >= 0.6 is 0 Å². The predicted octanol–water partition coefficient (Wildman–Crippen LogP) is -0.327. The average Bonchev–Trinajstić information content (AvgIpc) is 2.67. The minimum absolute atomic E-state index is 0.109. The molecule has 0 saturated carbocycles. The molecule has 3 rings (SSSR count). The van der Waals surface area contributed by atoms with Gasteiger partial charge in [0.05, 0.1) is 17.0 Å². The van der Waals surface area contributed by atoms with Crippen LogP contribution in [0.3, 0.4) is 0 Å². The van der Waals surface area contributed by atoms with E-state index in [0.29, 0.717) is 12.0 Å². The number of rotatable bonds is 1. The highest BCUT2D eigenvalue weighted by Gasteiger charge is 2.34. The molecular formula is C13H11N3O4. The molecule has 2 heterocycles. The summed E-state index contributed by atoms with van der Waals surface area (Å²) >= 11 is 0. The molecule has 1 unspecified atom stereocenters. The molecule has 1 saturated heterocycles. The van der Waals surface area contributed by atoms with E-state index in [1.807, 2.05) is 0 Å². The first-order valence-electron chi connectivity index (χ1n) is 6.11. The highest BCUT2D eigenvalue weighted by atomic mass is 16.2. The van der Waals surface area contributed by atoms with Crippen LogP contribution in [-0.2, 0) is 9.59 Å². The first-order valence-corrected chi connectivity index (χ1v) is 6.11. The Balaban J connectivity index is 2.06. The third-order valence-corrected chi connectivity index (χ3v) is 3.59. The van der Waals surface area contributed by atoms with E-state index < -0.39 is 23.6 Å². The predicted molar refractivity (Wildman–Crippen MR) is 67.8 cm³/mol. The number of amides is 4. The van der Waals surface area contributed by atoms with Crippen molar-refractivity contribution in [1.82, 2.24) is 10.6 Å². The summed E-state index contributed by atoms with van der Waals surface area (Å²) in [6.07, 6.45) is 0.557. The lowest BCUT2D eigenvalue weighted by Crippen LogP contribution is -2.39. The van der Waals surface area contributed by atoms with E-state index in [1.54, 1.807) is 6.07 Å². The lowest BCUT2D eigenvalue weighted by Gasteiger charge is -2.22. The quantitative estimate of drug-likeness (QED) is 0.478. The van der Waals surface area contributed by atoms with Crippen molar-refractivity contribution in [1.29, 1.82) is 0 Å². The number of anilines is 1. The maximum absolute atomic E-state index is 11.8. The molecule has 4 N–H and O–H groups in total. The van der Waals surface area contributed by atoms with Crippen molar-refractivity contribution >= 4 is 29.3 Å². The topological polar surface area (TPSA) is 118 Å². The minimum atomic E-state index is -0.582. The van der Waals surface area contributed by atoms with Crippen molar-refractivity contribution in [3.8, 4) is 0 Å². The van der Waals surface area contributed by atoms with Crippen LogP contribution in [0, 0.1) is 0 Å². The number of fused-ring (bicyclic) bond motifs is 1. The number of nitrogens with one attached hydrogen (secondary N) is 2. The summed E-state index contributed by atoms with van der Waals surface area (Å²) in [6.45, 7) is 0. The zero-order valence-electron chi connectivity index (χ0n) is 10.4. The van der Waals surface area contributed by atoms with E-state index in [9.17, 15) is 19.2 Å². The Morgan fingerprint density at radius 3 is 2.50 bits per heavy atom. The van der Waals surface area contributed by atoms with E-state index in [0.717, 1.165) is 0 Å². The third kappa shape index (κ3) is 1.67. The molecular weight excluding hydrogens is 262 g/mol. The first kappa shape index (κ1) is 12.3. The van der Waals surface area contributed by atoms with Crippen LogP contribution in [0.15, 0.2) is 12.1 Å². The molecule has 0 spiro atoms. The molecule has 1 aromatic rings. The molecule has 102 valence electrons. The smallest absolute Gasteiger partial charge is 0.261 e. The van der Waals surface area contributed by atoms with Crippen LogP contribution < -0.4 is 16.4 Å². The Morgan fingerprint density at radius 2 is 1.80 bits per heavy atom. The fourth-order valence-electron chi connectivity index (χ4n) is 2.60. The second kappa shape index (κ2) is 4.16. The van der Waals surface area contributed by atoms with Crippen molar-refractivity contribution in [2.75, 3.05) is 5.73 Å². The SMILES string of the molecule is Nc1c(C2CCC(=O)NC2=O)ccc2c1C(=O)NC2=O. The fourth-order valence-corrected chi connectivity index (χ4v) is 2.60. The van der Waals surface area contributed by atoms with Crippen molar-refractivity contribution in [2.45, 2.75) is 18.8 Å². The van der Waals surface area contributed by atoms with E-state index in [-0.39, 0.29) is 29.1 Å². The lowest BCUT2D eigenvalue weighted by atomic mass is 9.87. The van der Waals surface area contributed by atoms with Gasteiger partial charge < -0.3 is 5.73 Å². The van der Waals surface area contributed by atoms with Gasteiger partial charge in [0, 0.05) is 12.1 Å². The first-order chi connectivity index (χ1) is 9.49. The molecule has 7 heteroatoms. The van der Waals surface area contributed by atoms with Crippen molar-refractivity contribution in [3.05, 3.63) is 28.8 Å². The molecule has 1 atom stereocenters. The molecule has 7 nitrogen and oxygen atoms in total. The molecule has 0 bridgehead atoms. The Hall–Kier alpha value is -2.70. The van der Waals surface area contributed by atoms with Crippen molar-refractivity contribution in [3.63, 3.8) is 0 Å². The summed E-state index contributed by atoms with van der Waals surface area (Å²) in [5, 5.41) is 4.40. The van der Waals surface area contributed by atoms with Crippen molar-refractivity contribution < 1.29 is 19.2 Å². The molecule has 1 fully saturated rings. The summed E-state index contributed by atoms with van der Waals surface area (Å²) in [4.78, 5) is 46.2. The summed E-state index contributed by atoms with van der Waals surface area (Å²) in [5.74, 6) is -2.39. The van der Waals surface area contributed by atoms with Gasteiger partial charge in [-0.05, 0) is 18.1 Å². The van der Waals surface area contributed by atoms with Gasteiger partial charge in [0.15, 0.2) is 0 Å². The highest BCUT2D eigenvalue weighted by Crippen LogP contribution is 2.34. The van der Waals surface area contributed by atoms with Gasteiger partial charge in [-0.25, -0.2) is 0 Å². The van der Waals surface area contributed by atoms with Crippen LogP contribution in [0.4, 0.5) is 5.69 Å². The van der Waals surface area contributed by atoms with Crippen LogP contribution in [0.25, 0.3) is 0 Å². The molecule has 0 aliphatic carbocycles. The maximum atomic E-state index is 11.8. The monoisotopic (exact) mass is 273 g/mol. The van der Waals surface area contributed by atoms with Gasteiger partial charge in [0.2, 0.25) is 11.8 Å². The number of nitrogens with two attached hydrogens (primary N) is 1. The molecule has 2 aliphatic heterocycles. The number of imide groups is 2. The van der Waals surface area contributed by atoms with E-state index in [4.69, 9.17) is 5.73 Å².